The van der Waals surface area contributed by atoms with Gasteiger partial charge in [0, 0.05) is 21.6 Å². The SMILES string of the molecule is NCc1cc(Cl)ccc1Oc1cc(Br)ccc1F. The first-order valence-electron chi connectivity index (χ1n) is 5.21. The zero-order valence-corrected chi connectivity index (χ0v) is 11.6. The van der Waals surface area contributed by atoms with Crippen LogP contribution in [-0.2, 0) is 6.54 Å². The van der Waals surface area contributed by atoms with Crippen molar-refractivity contribution in [3.8, 4) is 11.5 Å². The summed E-state index contributed by atoms with van der Waals surface area (Å²) < 4.78 is 19.8. The minimum atomic E-state index is -0.434. The Morgan fingerprint density at radius 3 is 2.67 bits per heavy atom. The Balaban J connectivity index is 2.36. The van der Waals surface area contributed by atoms with E-state index in [1.165, 1.54) is 6.07 Å². The lowest BCUT2D eigenvalue weighted by Crippen LogP contribution is -2.00. The van der Waals surface area contributed by atoms with Crippen LogP contribution < -0.4 is 10.5 Å². The number of nitrogens with two attached hydrogens (primary N) is 1. The summed E-state index contributed by atoms with van der Waals surface area (Å²) in [6.45, 7) is 0.269. The fraction of sp³-hybridized carbons (Fsp3) is 0.0769. The van der Waals surface area contributed by atoms with E-state index in [1.54, 1.807) is 30.3 Å². The maximum atomic E-state index is 13.6. The molecule has 5 heteroatoms. The van der Waals surface area contributed by atoms with Crippen molar-refractivity contribution in [1.29, 1.82) is 0 Å². The molecule has 0 spiro atoms. The van der Waals surface area contributed by atoms with Crippen molar-refractivity contribution in [2.24, 2.45) is 5.73 Å². The molecule has 2 rings (SSSR count). The van der Waals surface area contributed by atoms with Gasteiger partial charge in [-0.3, -0.25) is 0 Å². The number of rotatable bonds is 3. The molecule has 0 radical (unpaired) electrons. The molecule has 18 heavy (non-hydrogen) atoms. The molecular weight excluding hydrogens is 321 g/mol. The monoisotopic (exact) mass is 329 g/mol. The maximum Gasteiger partial charge on any atom is 0.165 e. The highest BCUT2D eigenvalue weighted by Crippen LogP contribution is 2.31. The first-order valence-corrected chi connectivity index (χ1v) is 6.38. The Labute approximate surface area is 118 Å². The molecule has 0 unspecified atom stereocenters. The number of benzene rings is 2. The zero-order valence-electron chi connectivity index (χ0n) is 9.29. The van der Waals surface area contributed by atoms with Crippen molar-refractivity contribution in [2.45, 2.75) is 6.54 Å². The van der Waals surface area contributed by atoms with Gasteiger partial charge in [0.2, 0.25) is 0 Å². The second-order valence-electron chi connectivity index (χ2n) is 3.63. The van der Waals surface area contributed by atoms with Crippen molar-refractivity contribution in [3.63, 3.8) is 0 Å². The number of ether oxygens (including phenoxy) is 1. The molecule has 2 nitrogen and oxygen atoms in total. The third-order valence-electron chi connectivity index (χ3n) is 2.36. The van der Waals surface area contributed by atoms with Gasteiger partial charge in [0.1, 0.15) is 5.75 Å². The van der Waals surface area contributed by atoms with Gasteiger partial charge < -0.3 is 10.5 Å². The van der Waals surface area contributed by atoms with Crippen molar-refractivity contribution >= 4 is 27.5 Å². The minimum absolute atomic E-state index is 0.140. The molecule has 0 saturated carbocycles. The van der Waals surface area contributed by atoms with Crippen molar-refractivity contribution < 1.29 is 9.13 Å². The molecule has 0 atom stereocenters. The molecule has 2 aromatic carbocycles. The van der Waals surface area contributed by atoms with Crippen LogP contribution in [0.25, 0.3) is 0 Å². The largest absolute Gasteiger partial charge is 0.454 e. The normalized spacial score (nSPS) is 10.4. The molecular formula is C13H10BrClFNO. The summed E-state index contributed by atoms with van der Waals surface area (Å²) in [5, 5.41) is 0.567. The van der Waals surface area contributed by atoms with Crippen LogP contribution in [0.3, 0.4) is 0 Å². The summed E-state index contributed by atoms with van der Waals surface area (Å²) in [6.07, 6.45) is 0. The van der Waals surface area contributed by atoms with Crippen LogP contribution in [0.2, 0.25) is 5.02 Å². The predicted octanol–water partition coefficient (Wildman–Crippen LogP) is 4.49. The van der Waals surface area contributed by atoms with Gasteiger partial charge in [-0.05, 0) is 36.4 Å². The fourth-order valence-corrected chi connectivity index (χ4v) is 2.02. The molecule has 0 heterocycles. The van der Waals surface area contributed by atoms with E-state index in [1.807, 2.05) is 0 Å². The first kappa shape index (κ1) is 13.3. The van der Waals surface area contributed by atoms with E-state index >= 15 is 0 Å². The third-order valence-corrected chi connectivity index (χ3v) is 3.08. The highest BCUT2D eigenvalue weighted by atomic mass is 79.9. The van der Waals surface area contributed by atoms with Crippen LogP contribution in [0.1, 0.15) is 5.56 Å². The molecule has 0 aromatic heterocycles. The highest BCUT2D eigenvalue weighted by Gasteiger charge is 2.09. The van der Waals surface area contributed by atoms with E-state index in [9.17, 15) is 4.39 Å². The Hall–Kier alpha value is -1.10. The molecule has 94 valence electrons. The molecule has 2 aromatic rings. The van der Waals surface area contributed by atoms with Crippen LogP contribution in [0.4, 0.5) is 4.39 Å². The van der Waals surface area contributed by atoms with Crippen molar-refractivity contribution in [3.05, 3.63) is 57.3 Å². The molecule has 0 fully saturated rings. The number of halogens is 3. The van der Waals surface area contributed by atoms with Crippen LogP contribution in [0.5, 0.6) is 11.5 Å². The van der Waals surface area contributed by atoms with E-state index in [2.05, 4.69) is 15.9 Å². The van der Waals surface area contributed by atoms with E-state index < -0.39 is 5.82 Å². The van der Waals surface area contributed by atoms with Crippen LogP contribution in [0, 0.1) is 5.82 Å². The lowest BCUT2D eigenvalue weighted by molar-refractivity contribution is 0.437. The minimum Gasteiger partial charge on any atom is -0.454 e. The van der Waals surface area contributed by atoms with Gasteiger partial charge in [-0.25, -0.2) is 4.39 Å². The first-order chi connectivity index (χ1) is 8.60. The Kier molecular flexibility index (Phi) is 4.22. The average Bonchev–Trinajstić information content (AvgIpc) is 2.36. The second kappa shape index (κ2) is 5.69. The zero-order chi connectivity index (χ0) is 13.1. The second-order valence-corrected chi connectivity index (χ2v) is 4.99. The molecule has 2 N–H and O–H groups in total. The molecule has 0 aliphatic carbocycles. The molecule has 0 aliphatic heterocycles. The van der Waals surface area contributed by atoms with Gasteiger partial charge in [0.05, 0.1) is 0 Å². The van der Waals surface area contributed by atoms with E-state index in [0.717, 1.165) is 10.0 Å². The van der Waals surface area contributed by atoms with Crippen LogP contribution in [0.15, 0.2) is 40.9 Å². The molecule has 0 saturated heterocycles. The average molecular weight is 331 g/mol. The quantitative estimate of drug-likeness (QED) is 0.899. The lowest BCUT2D eigenvalue weighted by atomic mass is 10.2. The van der Waals surface area contributed by atoms with Gasteiger partial charge in [0.15, 0.2) is 11.6 Å². The van der Waals surface area contributed by atoms with E-state index in [-0.39, 0.29) is 12.3 Å². The summed E-state index contributed by atoms with van der Waals surface area (Å²) >= 11 is 9.13. The van der Waals surface area contributed by atoms with Gasteiger partial charge >= 0.3 is 0 Å². The summed E-state index contributed by atoms with van der Waals surface area (Å²) in [4.78, 5) is 0. The summed E-state index contributed by atoms with van der Waals surface area (Å²) in [5.41, 5.74) is 6.32. The molecule has 0 aliphatic rings. The Bertz CT molecular complexity index is 577. The van der Waals surface area contributed by atoms with Gasteiger partial charge in [-0.1, -0.05) is 27.5 Å². The molecule has 0 bridgehead atoms. The number of hydrogen-bond acceptors (Lipinski definition) is 2. The fourth-order valence-electron chi connectivity index (χ4n) is 1.48. The number of hydrogen-bond donors (Lipinski definition) is 1. The van der Waals surface area contributed by atoms with E-state index in [0.29, 0.717) is 10.8 Å². The molecule has 0 amide bonds. The van der Waals surface area contributed by atoms with Crippen LogP contribution >= 0.6 is 27.5 Å². The van der Waals surface area contributed by atoms with Gasteiger partial charge in [0.25, 0.3) is 0 Å². The highest BCUT2D eigenvalue weighted by molar-refractivity contribution is 9.10. The predicted molar refractivity (Wildman–Crippen MR) is 73.5 cm³/mol. The van der Waals surface area contributed by atoms with Crippen molar-refractivity contribution in [1.82, 2.24) is 0 Å². The topological polar surface area (TPSA) is 35.2 Å². The standard InChI is InChI=1S/C13H10BrClFNO/c14-9-1-3-11(16)13(6-9)18-12-4-2-10(15)5-8(12)7-17/h1-6H,7,17H2. The van der Waals surface area contributed by atoms with Gasteiger partial charge in [-0.15, -0.1) is 0 Å². The smallest absolute Gasteiger partial charge is 0.165 e. The summed E-state index contributed by atoms with van der Waals surface area (Å²) in [7, 11) is 0. The Morgan fingerprint density at radius 1 is 1.17 bits per heavy atom. The summed E-state index contributed by atoms with van der Waals surface area (Å²) in [6, 6.07) is 9.54. The maximum absolute atomic E-state index is 13.6. The van der Waals surface area contributed by atoms with Gasteiger partial charge in [-0.2, -0.15) is 0 Å². The lowest BCUT2D eigenvalue weighted by Gasteiger charge is -2.11. The third kappa shape index (κ3) is 3.02. The Morgan fingerprint density at radius 2 is 1.94 bits per heavy atom. The van der Waals surface area contributed by atoms with E-state index in [4.69, 9.17) is 22.1 Å². The van der Waals surface area contributed by atoms with Crippen LogP contribution in [-0.4, -0.2) is 0 Å². The van der Waals surface area contributed by atoms with Crippen molar-refractivity contribution in [2.75, 3.05) is 0 Å². The summed E-state index contributed by atoms with van der Waals surface area (Å²) in [5.74, 6) is 0.205.